The lowest BCUT2D eigenvalue weighted by Crippen LogP contribution is -2.22. The van der Waals surface area contributed by atoms with Gasteiger partial charge in [-0.2, -0.15) is 0 Å². The van der Waals surface area contributed by atoms with Gasteiger partial charge in [0.05, 0.1) is 18.8 Å². The fourth-order valence-corrected chi connectivity index (χ4v) is 3.47. The van der Waals surface area contributed by atoms with Crippen molar-refractivity contribution in [1.82, 2.24) is 0 Å². The van der Waals surface area contributed by atoms with Gasteiger partial charge in [-0.25, -0.2) is 0 Å². The molecule has 4 heteroatoms. The van der Waals surface area contributed by atoms with Gasteiger partial charge in [-0.05, 0) is 50.9 Å². The highest BCUT2D eigenvalue weighted by molar-refractivity contribution is 5.69. The zero-order valence-corrected chi connectivity index (χ0v) is 16.1. The van der Waals surface area contributed by atoms with Gasteiger partial charge in [0.2, 0.25) is 0 Å². The van der Waals surface area contributed by atoms with Gasteiger partial charge in [0.1, 0.15) is 0 Å². The first kappa shape index (κ1) is 21.9. The van der Waals surface area contributed by atoms with Crippen molar-refractivity contribution in [2.45, 2.75) is 83.3 Å². The summed E-state index contributed by atoms with van der Waals surface area (Å²) in [7, 11) is 1.40. The summed E-state index contributed by atoms with van der Waals surface area (Å²) < 4.78 is 4.62. The van der Waals surface area contributed by atoms with Crippen molar-refractivity contribution in [2.75, 3.05) is 7.11 Å². The van der Waals surface area contributed by atoms with Crippen LogP contribution in [0.4, 0.5) is 0 Å². The first-order chi connectivity index (χ1) is 11.9. The molecule has 144 valence electrons. The predicted octanol–water partition coefficient (Wildman–Crippen LogP) is 4.16. The topological polar surface area (TPSA) is 66.8 Å². The number of carbonyl (C=O) groups is 1. The van der Waals surface area contributed by atoms with Crippen molar-refractivity contribution in [1.29, 1.82) is 0 Å². The lowest BCUT2D eigenvalue weighted by Gasteiger charge is -2.22. The molecule has 0 aromatic rings. The Bertz CT molecular complexity index is 439. The van der Waals surface area contributed by atoms with E-state index in [0.29, 0.717) is 18.8 Å². The average molecular weight is 353 g/mol. The van der Waals surface area contributed by atoms with Gasteiger partial charge in [-0.15, -0.1) is 0 Å². The number of allylic oxidation sites excluding steroid dienone is 3. The van der Waals surface area contributed by atoms with E-state index in [2.05, 4.69) is 23.8 Å². The Hall–Kier alpha value is -1.13. The van der Waals surface area contributed by atoms with E-state index in [-0.39, 0.29) is 18.0 Å². The van der Waals surface area contributed by atoms with E-state index in [4.69, 9.17) is 0 Å². The van der Waals surface area contributed by atoms with Gasteiger partial charge in [0.25, 0.3) is 0 Å². The Kier molecular flexibility index (Phi) is 10.1. The van der Waals surface area contributed by atoms with Crippen LogP contribution in [0.25, 0.3) is 0 Å². The third-order valence-electron chi connectivity index (χ3n) is 5.15. The molecule has 25 heavy (non-hydrogen) atoms. The first-order valence-corrected chi connectivity index (χ1v) is 9.71. The summed E-state index contributed by atoms with van der Waals surface area (Å²) in [6, 6.07) is 0. The average Bonchev–Trinajstić information content (AvgIpc) is 2.93. The number of hydrogen-bond donors (Lipinski definition) is 2. The molecule has 1 fully saturated rings. The normalized spacial score (nSPS) is 26.4. The Labute approximate surface area is 153 Å². The van der Waals surface area contributed by atoms with E-state index in [0.717, 1.165) is 44.9 Å². The molecule has 1 rings (SSSR count). The maximum Gasteiger partial charge on any atom is 0.305 e. The van der Waals surface area contributed by atoms with Crippen molar-refractivity contribution in [3.8, 4) is 0 Å². The molecule has 0 aromatic heterocycles. The Morgan fingerprint density at radius 3 is 2.72 bits per heavy atom. The third kappa shape index (κ3) is 8.68. The van der Waals surface area contributed by atoms with Crippen molar-refractivity contribution in [3.63, 3.8) is 0 Å². The molecule has 0 radical (unpaired) electrons. The summed E-state index contributed by atoms with van der Waals surface area (Å²) in [4.78, 5) is 11.1. The van der Waals surface area contributed by atoms with Crippen LogP contribution in [0.1, 0.15) is 71.6 Å². The molecule has 0 bridgehead atoms. The standard InChI is InChI=1S/C21H36O4/c1-4-5-9-15-21(2,24)16-14-17-12-13-19(22)18(17)10-7-6-8-11-20(23)25-3/h6-7,14,16-19,22,24H,4-5,8-13,15H2,1-3H3/b7-6+,16-14+/t17-,18-,19+,21?/m1/s1. The zero-order valence-electron chi connectivity index (χ0n) is 16.1. The Morgan fingerprint density at radius 2 is 2.04 bits per heavy atom. The van der Waals surface area contributed by atoms with Crippen molar-refractivity contribution >= 4 is 5.97 Å². The summed E-state index contributed by atoms with van der Waals surface area (Å²) >= 11 is 0. The first-order valence-electron chi connectivity index (χ1n) is 9.71. The molecule has 4 nitrogen and oxygen atoms in total. The smallest absolute Gasteiger partial charge is 0.305 e. The van der Waals surface area contributed by atoms with Crippen LogP contribution in [-0.2, 0) is 9.53 Å². The Balaban J connectivity index is 2.48. The lowest BCUT2D eigenvalue weighted by atomic mass is 9.88. The number of methoxy groups -OCH3 is 1. The van der Waals surface area contributed by atoms with Crippen LogP contribution >= 0.6 is 0 Å². The molecule has 0 heterocycles. The SMILES string of the molecule is CCCCCC(C)(O)/C=C/[C@H]1CC[C@H](O)[C@@H]1C/C=C/CCC(=O)OC. The van der Waals surface area contributed by atoms with Gasteiger partial charge in [0.15, 0.2) is 0 Å². The maximum atomic E-state index is 11.1. The molecule has 0 aliphatic heterocycles. The molecule has 1 aliphatic carbocycles. The van der Waals surface area contributed by atoms with E-state index >= 15 is 0 Å². The van der Waals surface area contributed by atoms with Crippen molar-refractivity contribution in [2.24, 2.45) is 11.8 Å². The second-order valence-electron chi connectivity index (χ2n) is 7.47. The van der Waals surface area contributed by atoms with Gasteiger partial charge in [-0.1, -0.05) is 50.5 Å². The van der Waals surface area contributed by atoms with Crippen LogP contribution in [-0.4, -0.2) is 35.0 Å². The second-order valence-corrected chi connectivity index (χ2v) is 7.47. The quantitative estimate of drug-likeness (QED) is 0.333. The van der Waals surface area contributed by atoms with E-state index in [9.17, 15) is 15.0 Å². The Morgan fingerprint density at radius 1 is 1.28 bits per heavy atom. The monoisotopic (exact) mass is 352 g/mol. The lowest BCUT2D eigenvalue weighted by molar-refractivity contribution is -0.140. The molecule has 0 saturated heterocycles. The summed E-state index contributed by atoms with van der Waals surface area (Å²) in [5.74, 6) is 0.298. The molecule has 1 aliphatic rings. The highest BCUT2D eigenvalue weighted by atomic mass is 16.5. The molecule has 2 N–H and O–H groups in total. The van der Waals surface area contributed by atoms with Crippen LogP contribution < -0.4 is 0 Å². The minimum atomic E-state index is -0.760. The zero-order chi connectivity index (χ0) is 18.7. The van der Waals surface area contributed by atoms with Crippen LogP contribution in [0, 0.1) is 11.8 Å². The fourth-order valence-electron chi connectivity index (χ4n) is 3.47. The van der Waals surface area contributed by atoms with Crippen molar-refractivity contribution in [3.05, 3.63) is 24.3 Å². The molecule has 1 unspecified atom stereocenters. The van der Waals surface area contributed by atoms with Gasteiger partial charge >= 0.3 is 5.97 Å². The molecule has 1 saturated carbocycles. The van der Waals surface area contributed by atoms with Crippen LogP contribution in [0.3, 0.4) is 0 Å². The molecule has 0 spiro atoms. The summed E-state index contributed by atoms with van der Waals surface area (Å²) in [6.45, 7) is 4.03. The van der Waals surface area contributed by atoms with E-state index in [1.165, 1.54) is 7.11 Å². The van der Waals surface area contributed by atoms with E-state index in [1.54, 1.807) is 0 Å². The van der Waals surface area contributed by atoms with Crippen LogP contribution in [0.2, 0.25) is 0 Å². The minimum absolute atomic E-state index is 0.192. The number of ether oxygens (including phenoxy) is 1. The predicted molar refractivity (Wildman–Crippen MR) is 101 cm³/mol. The molecular formula is C21H36O4. The van der Waals surface area contributed by atoms with E-state index in [1.807, 2.05) is 19.1 Å². The number of hydrogen-bond acceptors (Lipinski definition) is 4. The maximum absolute atomic E-state index is 11.1. The number of aliphatic hydroxyl groups is 2. The summed E-state index contributed by atoms with van der Waals surface area (Å²) in [5.41, 5.74) is -0.760. The minimum Gasteiger partial charge on any atom is -0.469 e. The van der Waals surface area contributed by atoms with E-state index < -0.39 is 5.60 Å². The number of carbonyl (C=O) groups excluding carboxylic acids is 1. The molecule has 0 amide bonds. The highest BCUT2D eigenvalue weighted by Crippen LogP contribution is 2.36. The van der Waals surface area contributed by atoms with Gasteiger partial charge in [-0.3, -0.25) is 4.79 Å². The molecule has 0 aromatic carbocycles. The van der Waals surface area contributed by atoms with Gasteiger partial charge < -0.3 is 14.9 Å². The third-order valence-corrected chi connectivity index (χ3v) is 5.15. The number of aliphatic hydroxyl groups excluding tert-OH is 1. The molecule has 4 atom stereocenters. The van der Waals surface area contributed by atoms with Crippen molar-refractivity contribution < 1.29 is 19.7 Å². The summed E-state index contributed by atoms with van der Waals surface area (Å²) in [5, 5.41) is 20.7. The number of unbranched alkanes of at least 4 members (excludes halogenated alkanes) is 2. The highest BCUT2D eigenvalue weighted by Gasteiger charge is 2.32. The van der Waals surface area contributed by atoms with Gasteiger partial charge in [0, 0.05) is 6.42 Å². The largest absolute Gasteiger partial charge is 0.469 e. The fraction of sp³-hybridized carbons (Fsp3) is 0.762. The van der Waals surface area contributed by atoms with Crippen LogP contribution in [0.15, 0.2) is 24.3 Å². The molecular weight excluding hydrogens is 316 g/mol. The number of esters is 1. The second kappa shape index (κ2) is 11.5. The summed E-state index contributed by atoms with van der Waals surface area (Å²) in [6.07, 6.45) is 15.5. The number of rotatable bonds is 11. The van der Waals surface area contributed by atoms with Crippen LogP contribution in [0.5, 0.6) is 0 Å².